The van der Waals surface area contributed by atoms with Crippen LogP contribution in [0.15, 0.2) is 0 Å². The molecule has 42 heavy (non-hydrogen) atoms. The molecular weight excluding hydrogens is 688 g/mol. The van der Waals surface area contributed by atoms with E-state index in [4.69, 9.17) is 19.2 Å². The van der Waals surface area contributed by atoms with Crippen molar-refractivity contribution < 1.29 is 61.3 Å². The molecule has 9 aliphatic carbocycles. The molecule has 8 bridgehead atoms. The summed E-state index contributed by atoms with van der Waals surface area (Å²) in [6, 6.07) is 0. The van der Waals surface area contributed by atoms with Crippen LogP contribution in [0, 0.1) is 47.3 Å². The molecule has 0 aromatic rings. The summed E-state index contributed by atoms with van der Waals surface area (Å²) in [5.41, 5.74) is 0. The predicted octanol–water partition coefficient (Wildman–Crippen LogP) is 9.43. The van der Waals surface area contributed by atoms with Crippen molar-refractivity contribution in [2.45, 2.75) is 154 Å². The fourth-order valence-electron chi connectivity index (χ4n) is 7.86. The van der Waals surface area contributed by atoms with E-state index in [0.717, 1.165) is 23.7 Å². The third-order valence-electron chi connectivity index (χ3n) is 10.6. The monoisotopic (exact) mass is 752 g/mol. The van der Waals surface area contributed by atoms with Crippen LogP contribution in [-0.2, 0) is 61.3 Å². The van der Waals surface area contributed by atoms with Crippen molar-refractivity contribution in [3.8, 4) is 0 Å². The van der Waals surface area contributed by atoms with Gasteiger partial charge < -0.3 is 42.8 Å². The molecule has 0 N–H and O–H groups in total. The zero-order valence-corrected chi connectivity index (χ0v) is 30.6. The summed E-state index contributed by atoms with van der Waals surface area (Å²) >= 11 is 0. The minimum atomic E-state index is 0. The smallest absolute Gasteiger partial charge is 0.313 e. The molecule has 0 aliphatic heterocycles. The van der Waals surface area contributed by atoms with E-state index in [1.54, 1.807) is 0 Å². The average Bonchev–Trinajstić information content (AvgIpc) is 3.87. The Labute approximate surface area is 288 Å². The Hall–Kier alpha value is 0.0566. The van der Waals surface area contributed by atoms with Crippen LogP contribution in [0.2, 0.25) is 0 Å². The van der Waals surface area contributed by atoms with Gasteiger partial charge in [-0.25, -0.2) is 0 Å². The molecular formula is C36H60Mo2O4. The average molecular weight is 749 g/mol. The Kier molecular flexibility index (Phi) is 30.0. The van der Waals surface area contributed by atoms with Crippen LogP contribution in [0.5, 0.6) is 0 Å². The van der Waals surface area contributed by atoms with Gasteiger partial charge in [0, 0.05) is 21.1 Å². The quantitative estimate of drug-likeness (QED) is 0.183. The van der Waals surface area contributed by atoms with Gasteiger partial charge in [-0.3, -0.25) is 0 Å². The largest absolute Gasteiger partial charge is 4.00 e. The van der Waals surface area contributed by atoms with Gasteiger partial charge in [0.2, 0.25) is 0 Å². The molecule has 9 aliphatic rings. The Balaban J connectivity index is 0. The summed E-state index contributed by atoms with van der Waals surface area (Å²) in [5, 5.41) is 0. The van der Waals surface area contributed by atoms with Crippen molar-refractivity contribution in [1.29, 1.82) is 0 Å². The maximum Gasteiger partial charge on any atom is 4.00 e. The summed E-state index contributed by atoms with van der Waals surface area (Å²) in [6.45, 7) is 8.00. The summed E-state index contributed by atoms with van der Waals surface area (Å²) in [4.78, 5) is 32.0. The standard InChI is InChI=1S/4C7H11.C4H8.4CH2O.2Mo/c4*1-2-7-4-3-6(1)5-7;1-2-4-3-1;4*1-2;;/h4*6H,1-5H2;1-4H2;4*1H2;;/q4*-1;;;;;;;+4. The molecule has 0 heterocycles. The van der Waals surface area contributed by atoms with Gasteiger partial charge in [0.15, 0.2) is 0 Å². The number of carbonyl (C=O) groups is 4. The Morgan fingerprint density at radius 2 is 0.476 bits per heavy atom. The molecule has 0 aromatic heterocycles. The Morgan fingerprint density at radius 3 is 0.500 bits per heavy atom. The van der Waals surface area contributed by atoms with Crippen LogP contribution in [0.25, 0.3) is 0 Å². The normalized spacial score (nSPS) is 24.4. The molecule has 0 radical (unpaired) electrons. The van der Waals surface area contributed by atoms with E-state index in [1.807, 2.05) is 50.8 Å². The molecule has 0 spiro atoms. The second kappa shape index (κ2) is 28.5. The van der Waals surface area contributed by atoms with Gasteiger partial charge in [0.05, 0.1) is 0 Å². The number of hydrogen-bond acceptors (Lipinski definition) is 4. The molecule has 0 aromatic carbocycles. The Bertz CT molecular complexity index is 447. The SMILES string of the molecule is C1CC2CC[C-]1C2.C1CC2CC[C-]1C2.C1CC2CC[C-]1C2.C1CC2CC[C-]1C2.C1CCC1.C=O.C=O.C=O.C=O.[Mo+4].[Mo]. The molecule has 9 saturated carbocycles. The van der Waals surface area contributed by atoms with Crippen LogP contribution >= 0.6 is 0 Å². The predicted molar refractivity (Wildman–Crippen MR) is 166 cm³/mol. The van der Waals surface area contributed by atoms with E-state index in [1.165, 1.54) is 154 Å². The van der Waals surface area contributed by atoms with E-state index in [9.17, 15) is 0 Å². The van der Waals surface area contributed by atoms with Gasteiger partial charge >= 0.3 is 21.1 Å². The van der Waals surface area contributed by atoms with Crippen LogP contribution in [0.1, 0.15) is 154 Å². The number of hydrogen-bond donors (Lipinski definition) is 0. The molecule has 0 amide bonds. The van der Waals surface area contributed by atoms with E-state index in [-0.39, 0.29) is 42.1 Å². The first-order valence-corrected chi connectivity index (χ1v) is 16.3. The van der Waals surface area contributed by atoms with E-state index < -0.39 is 0 Å². The van der Waals surface area contributed by atoms with E-state index in [2.05, 4.69) is 0 Å². The van der Waals surface area contributed by atoms with Gasteiger partial charge in [0.25, 0.3) is 0 Å². The fraction of sp³-hybridized carbons (Fsp3) is 0.778. The fourth-order valence-corrected chi connectivity index (χ4v) is 7.86. The molecule has 9 rings (SSSR count). The van der Waals surface area contributed by atoms with Crippen molar-refractivity contribution in [2.75, 3.05) is 0 Å². The summed E-state index contributed by atoms with van der Waals surface area (Å²) in [7, 11) is 0. The van der Waals surface area contributed by atoms with E-state index >= 15 is 0 Å². The molecule has 240 valence electrons. The zero-order valence-electron chi connectivity index (χ0n) is 26.6. The van der Waals surface area contributed by atoms with Gasteiger partial charge in [-0.05, 0) is 0 Å². The van der Waals surface area contributed by atoms with E-state index in [0.29, 0.717) is 0 Å². The van der Waals surface area contributed by atoms with Crippen molar-refractivity contribution in [3.05, 3.63) is 23.7 Å². The van der Waals surface area contributed by atoms with Crippen molar-refractivity contribution in [1.82, 2.24) is 0 Å². The molecule has 6 heteroatoms. The minimum absolute atomic E-state index is 0. The number of carbonyl (C=O) groups excluding carboxylic acids is 4. The first-order chi connectivity index (χ1) is 19.8. The molecule has 0 saturated heterocycles. The maximum atomic E-state index is 8.00. The van der Waals surface area contributed by atoms with Crippen LogP contribution in [-0.4, -0.2) is 27.2 Å². The van der Waals surface area contributed by atoms with Crippen molar-refractivity contribution >= 4 is 27.2 Å². The van der Waals surface area contributed by atoms with Gasteiger partial charge in [-0.1, -0.05) is 101 Å². The van der Waals surface area contributed by atoms with Crippen molar-refractivity contribution in [2.24, 2.45) is 23.7 Å². The molecule has 0 unspecified atom stereocenters. The number of fused-ring (bicyclic) bond motifs is 8. The van der Waals surface area contributed by atoms with Crippen LogP contribution < -0.4 is 0 Å². The minimum Gasteiger partial charge on any atom is -0.313 e. The van der Waals surface area contributed by atoms with Gasteiger partial charge in [-0.15, -0.1) is 0 Å². The second-order valence-corrected chi connectivity index (χ2v) is 13.0. The van der Waals surface area contributed by atoms with Crippen LogP contribution in [0.3, 0.4) is 0 Å². The molecule has 9 fully saturated rings. The first kappa shape index (κ1) is 44.2. The topological polar surface area (TPSA) is 68.3 Å². The summed E-state index contributed by atoms with van der Waals surface area (Å²) < 4.78 is 0. The third kappa shape index (κ3) is 16.9. The Morgan fingerprint density at radius 1 is 0.333 bits per heavy atom. The number of rotatable bonds is 0. The summed E-state index contributed by atoms with van der Waals surface area (Å²) in [6.07, 6.45) is 36.0. The zero-order chi connectivity index (χ0) is 29.6. The van der Waals surface area contributed by atoms with Crippen LogP contribution in [0.4, 0.5) is 0 Å². The van der Waals surface area contributed by atoms with Gasteiger partial charge in [-0.2, -0.15) is 77.0 Å². The summed E-state index contributed by atoms with van der Waals surface area (Å²) in [5.74, 6) is 12.0. The molecule has 4 nitrogen and oxygen atoms in total. The second-order valence-electron chi connectivity index (χ2n) is 13.0. The first-order valence-electron chi connectivity index (χ1n) is 16.3. The van der Waals surface area contributed by atoms with Gasteiger partial charge in [0.1, 0.15) is 27.2 Å². The van der Waals surface area contributed by atoms with Crippen molar-refractivity contribution in [3.63, 3.8) is 0 Å². The third-order valence-corrected chi connectivity index (χ3v) is 10.6. The maximum absolute atomic E-state index is 8.00. The molecule has 0 atom stereocenters.